The molecule has 1 aliphatic heterocycles. The Morgan fingerprint density at radius 3 is 2.86 bits per heavy atom. The van der Waals surface area contributed by atoms with Crippen molar-refractivity contribution in [1.29, 1.82) is 0 Å². The number of thioether (sulfide) groups is 1. The molecule has 1 saturated heterocycles. The number of rotatable bonds is 4. The van der Waals surface area contributed by atoms with Crippen LogP contribution in [0.5, 0.6) is 0 Å². The summed E-state index contributed by atoms with van der Waals surface area (Å²) >= 11 is 5.58. The Morgan fingerprint density at radius 1 is 1.43 bits per heavy atom. The minimum atomic E-state index is 0.766. The summed E-state index contributed by atoms with van der Waals surface area (Å²) in [6.07, 6.45) is 1.35. The van der Waals surface area contributed by atoms with Gasteiger partial charge in [0.2, 0.25) is 0 Å². The zero-order valence-electron chi connectivity index (χ0n) is 8.00. The number of halogens is 1. The highest BCUT2D eigenvalue weighted by Crippen LogP contribution is 2.22. The van der Waals surface area contributed by atoms with Gasteiger partial charge < -0.3 is 5.32 Å². The second-order valence-electron chi connectivity index (χ2n) is 3.55. The van der Waals surface area contributed by atoms with Gasteiger partial charge in [-0.3, -0.25) is 0 Å². The van der Waals surface area contributed by atoms with E-state index in [1.807, 2.05) is 11.8 Å². The Labute approximate surface area is 97.8 Å². The Bertz CT molecular complexity index is 299. The van der Waals surface area contributed by atoms with Crippen molar-refractivity contribution >= 4 is 27.7 Å². The molecule has 0 amide bonds. The van der Waals surface area contributed by atoms with Crippen LogP contribution in [-0.2, 0) is 5.75 Å². The molecule has 3 heteroatoms. The average molecular weight is 272 g/mol. The molecule has 0 bridgehead atoms. The van der Waals surface area contributed by atoms with Crippen LogP contribution in [0.25, 0.3) is 0 Å². The second-order valence-corrected chi connectivity index (χ2v) is 5.43. The summed E-state index contributed by atoms with van der Waals surface area (Å²) in [6, 6.07) is 9.22. The molecule has 1 aliphatic rings. The first-order chi connectivity index (χ1) is 6.86. The van der Waals surface area contributed by atoms with Gasteiger partial charge in [0.25, 0.3) is 0 Å². The van der Waals surface area contributed by atoms with E-state index >= 15 is 0 Å². The van der Waals surface area contributed by atoms with Gasteiger partial charge in [0.05, 0.1) is 0 Å². The van der Waals surface area contributed by atoms with Crippen molar-refractivity contribution in [3.05, 3.63) is 34.3 Å². The normalized spacial score (nSPS) is 20.5. The van der Waals surface area contributed by atoms with E-state index < -0.39 is 0 Å². The van der Waals surface area contributed by atoms with Crippen LogP contribution in [0.1, 0.15) is 12.0 Å². The van der Waals surface area contributed by atoms with Gasteiger partial charge in [-0.2, -0.15) is 11.8 Å². The molecule has 1 heterocycles. The van der Waals surface area contributed by atoms with Gasteiger partial charge in [-0.15, -0.1) is 0 Å². The molecule has 1 aromatic rings. The summed E-state index contributed by atoms with van der Waals surface area (Å²) in [4.78, 5) is 0. The molecular weight excluding hydrogens is 258 g/mol. The van der Waals surface area contributed by atoms with Crippen molar-refractivity contribution in [2.45, 2.75) is 18.2 Å². The van der Waals surface area contributed by atoms with E-state index in [-0.39, 0.29) is 0 Å². The summed E-state index contributed by atoms with van der Waals surface area (Å²) in [5.41, 5.74) is 1.40. The fourth-order valence-electron chi connectivity index (χ4n) is 1.42. The predicted molar refractivity (Wildman–Crippen MR) is 66.7 cm³/mol. The highest BCUT2D eigenvalue weighted by atomic mass is 79.9. The lowest BCUT2D eigenvalue weighted by molar-refractivity contribution is 0.405. The van der Waals surface area contributed by atoms with Crippen LogP contribution in [-0.4, -0.2) is 18.3 Å². The molecule has 1 atom stereocenters. The standard InChI is InChI=1S/C11H14BrNS/c12-11-4-2-1-3-9(11)7-14-8-10-5-6-13-10/h1-4,10,13H,5-8H2. The lowest BCUT2D eigenvalue weighted by Gasteiger charge is -2.27. The lowest BCUT2D eigenvalue weighted by Crippen LogP contribution is -2.44. The van der Waals surface area contributed by atoms with Gasteiger partial charge in [-0.1, -0.05) is 34.1 Å². The molecule has 1 unspecified atom stereocenters. The molecule has 0 aromatic heterocycles. The fourth-order valence-corrected chi connectivity index (χ4v) is 3.19. The van der Waals surface area contributed by atoms with E-state index in [0.717, 1.165) is 11.8 Å². The van der Waals surface area contributed by atoms with E-state index in [0.29, 0.717) is 0 Å². The van der Waals surface area contributed by atoms with Crippen LogP contribution >= 0.6 is 27.7 Å². The first kappa shape index (κ1) is 10.5. The maximum absolute atomic E-state index is 3.57. The zero-order valence-corrected chi connectivity index (χ0v) is 10.4. The van der Waals surface area contributed by atoms with Gasteiger partial charge in [-0.25, -0.2) is 0 Å². The number of benzene rings is 1. The van der Waals surface area contributed by atoms with Gasteiger partial charge in [-0.05, 0) is 24.6 Å². The van der Waals surface area contributed by atoms with Crippen molar-refractivity contribution in [2.75, 3.05) is 12.3 Å². The van der Waals surface area contributed by atoms with Crippen molar-refractivity contribution in [2.24, 2.45) is 0 Å². The molecule has 1 aromatic carbocycles. The molecule has 0 spiro atoms. The first-order valence-electron chi connectivity index (χ1n) is 4.91. The summed E-state index contributed by atoms with van der Waals surface area (Å²) in [7, 11) is 0. The lowest BCUT2D eigenvalue weighted by atomic mass is 10.1. The molecule has 2 rings (SSSR count). The third-order valence-electron chi connectivity index (χ3n) is 2.46. The van der Waals surface area contributed by atoms with Crippen LogP contribution < -0.4 is 5.32 Å². The topological polar surface area (TPSA) is 12.0 Å². The third kappa shape index (κ3) is 2.75. The molecule has 1 N–H and O–H groups in total. The number of hydrogen-bond donors (Lipinski definition) is 1. The van der Waals surface area contributed by atoms with Crippen LogP contribution in [0.4, 0.5) is 0 Å². The van der Waals surface area contributed by atoms with Crippen molar-refractivity contribution < 1.29 is 0 Å². The molecule has 0 radical (unpaired) electrons. The van der Waals surface area contributed by atoms with Gasteiger partial charge in [0.15, 0.2) is 0 Å². The minimum Gasteiger partial charge on any atom is -0.313 e. The largest absolute Gasteiger partial charge is 0.313 e. The molecule has 1 fully saturated rings. The van der Waals surface area contributed by atoms with Crippen molar-refractivity contribution in [3.63, 3.8) is 0 Å². The Morgan fingerprint density at radius 2 is 2.21 bits per heavy atom. The van der Waals surface area contributed by atoms with E-state index in [1.54, 1.807) is 0 Å². The first-order valence-corrected chi connectivity index (χ1v) is 6.85. The monoisotopic (exact) mass is 271 g/mol. The molecule has 76 valence electrons. The molecular formula is C11H14BrNS. The van der Waals surface area contributed by atoms with Gasteiger partial charge in [0, 0.05) is 22.0 Å². The van der Waals surface area contributed by atoms with Crippen LogP contribution in [0.3, 0.4) is 0 Å². The summed E-state index contributed by atoms with van der Waals surface area (Å²) in [5, 5.41) is 3.41. The van der Waals surface area contributed by atoms with Crippen molar-refractivity contribution in [1.82, 2.24) is 5.32 Å². The smallest absolute Gasteiger partial charge is 0.0215 e. The quantitative estimate of drug-likeness (QED) is 0.904. The minimum absolute atomic E-state index is 0.766. The number of nitrogens with one attached hydrogen (secondary N) is 1. The Hall–Kier alpha value is 0.01000. The highest BCUT2D eigenvalue weighted by molar-refractivity contribution is 9.10. The van der Waals surface area contributed by atoms with Crippen LogP contribution in [0.2, 0.25) is 0 Å². The van der Waals surface area contributed by atoms with Crippen LogP contribution in [0, 0.1) is 0 Å². The SMILES string of the molecule is Brc1ccccc1CSCC1CCN1. The highest BCUT2D eigenvalue weighted by Gasteiger charge is 2.15. The third-order valence-corrected chi connectivity index (χ3v) is 4.39. The Balaban J connectivity index is 1.76. The molecule has 14 heavy (non-hydrogen) atoms. The van der Waals surface area contributed by atoms with Gasteiger partial charge in [0.1, 0.15) is 0 Å². The molecule has 0 aliphatic carbocycles. The van der Waals surface area contributed by atoms with E-state index in [1.165, 1.54) is 28.8 Å². The van der Waals surface area contributed by atoms with E-state index in [2.05, 4.69) is 45.5 Å². The maximum Gasteiger partial charge on any atom is 0.0215 e. The fraction of sp³-hybridized carbons (Fsp3) is 0.455. The van der Waals surface area contributed by atoms with Crippen molar-refractivity contribution in [3.8, 4) is 0 Å². The summed E-state index contributed by atoms with van der Waals surface area (Å²) in [6.45, 7) is 1.21. The summed E-state index contributed by atoms with van der Waals surface area (Å²) in [5.74, 6) is 2.35. The zero-order chi connectivity index (χ0) is 9.80. The second kappa shape index (κ2) is 5.19. The molecule has 0 saturated carbocycles. The average Bonchev–Trinajstić information content (AvgIpc) is 2.12. The predicted octanol–water partition coefficient (Wildman–Crippen LogP) is 3.04. The number of hydrogen-bond acceptors (Lipinski definition) is 2. The molecule has 1 nitrogen and oxygen atoms in total. The van der Waals surface area contributed by atoms with E-state index in [4.69, 9.17) is 0 Å². The Kier molecular flexibility index (Phi) is 3.90. The van der Waals surface area contributed by atoms with Crippen LogP contribution in [0.15, 0.2) is 28.7 Å². The van der Waals surface area contributed by atoms with Gasteiger partial charge >= 0.3 is 0 Å². The van der Waals surface area contributed by atoms with E-state index in [9.17, 15) is 0 Å². The summed E-state index contributed by atoms with van der Waals surface area (Å²) < 4.78 is 1.23. The maximum atomic E-state index is 3.57.